The number of halogens is 3. The minimum Gasteiger partial charge on any atom is -0.512 e. The maximum Gasteiger partial charge on any atom is 0.449 e. The maximum absolute atomic E-state index is 14.0. The Morgan fingerprint density at radius 3 is 2.10 bits per heavy atom. The number of furan rings is 1. The zero-order valence-electron chi connectivity index (χ0n) is 24.1. The van der Waals surface area contributed by atoms with Gasteiger partial charge in [0.15, 0.2) is 0 Å². The van der Waals surface area contributed by atoms with Crippen LogP contribution < -0.4 is 0 Å². The van der Waals surface area contributed by atoms with Crippen molar-refractivity contribution in [1.82, 2.24) is 9.29 Å². The van der Waals surface area contributed by atoms with Crippen molar-refractivity contribution in [3.8, 4) is 11.1 Å². The van der Waals surface area contributed by atoms with Crippen LogP contribution >= 0.6 is 0 Å². The van der Waals surface area contributed by atoms with Crippen LogP contribution in [0.4, 0.5) is 13.2 Å². The number of rotatable bonds is 9. The fourth-order valence-corrected chi connectivity index (χ4v) is 6.64. The van der Waals surface area contributed by atoms with Crippen LogP contribution in [0.3, 0.4) is 0 Å². The first-order valence-corrected chi connectivity index (χ1v) is 14.6. The predicted molar refractivity (Wildman–Crippen MR) is 155 cm³/mol. The molecule has 0 atom stereocenters. The highest BCUT2D eigenvalue weighted by molar-refractivity contribution is 7.89. The smallest absolute Gasteiger partial charge is 0.449 e. The molecule has 222 valence electrons. The highest BCUT2D eigenvalue weighted by Gasteiger charge is 2.36. The van der Waals surface area contributed by atoms with Crippen LogP contribution in [0.25, 0.3) is 11.1 Å². The second-order valence-corrected chi connectivity index (χ2v) is 12.9. The van der Waals surface area contributed by atoms with E-state index in [2.05, 4.69) is 11.6 Å². The van der Waals surface area contributed by atoms with E-state index in [-0.39, 0.29) is 29.5 Å². The van der Waals surface area contributed by atoms with E-state index in [0.717, 1.165) is 38.7 Å². The van der Waals surface area contributed by atoms with E-state index < -0.39 is 27.4 Å². The van der Waals surface area contributed by atoms with Crippen molar-refractivity contribution in [2.24, 2.45) is 0 Å². The second kappa shape index (κ2) is 11.4. The molecule has 4 rings (SSSR count). The number of aromatic nitrogens is 1. The van der Waals surface area contributed by atoms with E-state index in [0.29, 0.717) is 16.7 Å². The first kappa shape index (κ1) is 31.1. The number of pyridine rings is 1. The summed E-state index contributed by atoms with van der Waals surface area (Å²) in [4.78, 5) is 4.42. The van der Waals surface area contributed by atoms with Crippen molar-refractivity contribution in [2.45, 2.75) is 64.2 Å². The van der Waals surface area contributed by atoms with E-state index in [4.69, 9.17) is 4.42 Å². The van der Waals surface area contributed by atoms with E-state index >= 15 is 0 Å². The predicted octanol–water partition coefficient (Wildman–Crippen LogP) is 8.03. The molecule has 42 heavy (non-hydrogen) atoms. The van der Waals surface area contributed by atoms with E-state index in [1.807, 2.05) is 39.0 Å². The quantitative estimate of drug-likeness (QED) is 0.197. The standard InChI is InChI=1S/C32H33F3N2O4S/c1-20-13-21(2)30(22(3)14-20)42(39,40)37(19-28-11-12-29(41-28)32(33,34)35)18-24-7-9-25(10-8-24)26-15-27(17-36-16-26)31(5,6)23(4)38/h7-17,38H,4,18-19H2,1-3,5-6H3. The van der Waals surface area contributed by atoms with Gasteiger partial charge in [0.1, 0.15) is 5.76 Å². The molecular weight excluding hydrogens is 565 g/mol. The van der Waals surface area contributed by atoms with Gasteiger partial charge in [0.25, 0.3) is 0 Å². The number of alkyl halides is 3. The molecule has 0 radical (unpaired) electrons. The fourth-order valence-electron chi connectivity index (χ4n) is 4.83. The normalized spacial score (nSPS) is 12.6. The molecule has 0 saturated carbocycles. The lowest BCUT2D eigenvalue weighted by Crippen LogP contribution is -2.31. The summed E-state index contributed by atoms with van der Waals surface area (Å²) in [5.41, 5.74) is 4.29. The second-order valence-electron chi connectivity index (χ2n) is 11.0. The number of aliphatic hydroxyl groups is 1. The number of hydrogen-bond acceptors (Lipinski definition) is 5. The molecule has 0 aliphatic carbocycles. The van der Waals surface area contributed by atoms with Crippen LogP contribution in [0.1, 0.15) is 53.2 Å². The molecule has 0 unspecified atom stereocenters. The summed E-state index contributed by atoms with van der Waals surface area (Å²) in [6.07, 6.45) is -1.34. The van der Waals surface area contributed by atoms with Gasteiger partial charge < -0.3 is 9.52 Å². The average Bonchev–Trinajstić information content (AvgIpc) is 3.37. The van der Waals surface area contributed by atoms with Gasteiger partial charge in [0.2, 0.25) is 15.8 Å². The van der Waals surface area contributed by atoms with Crippen LogP contribution in [-0.2, 0) is 34.7 Å². The zero-order valence-corrected chi connectivity index (χ0v) is 24.9. The molecule has 10 heteroatoms. The molecule has 0 aliphatic heterocycles. The molecule has 2 heterocycles. The minimum atomic E-state index is -4.69. The van der Waals surface area contributed by atoms with Crippen LogP contribution in [0.2, 0.25) is 0 Å². The van der Waals surface area contributed by atoms with Gasteiger partial charge in [-0.1, -0.05) is 48.5 Å². The number of allylic oxidation sites excluding steroid dienone is 1. The monoisotopic (exact) mass is 598 g/mol. The molecule has 0 amide bonds. The van der Waals surface area contributed by atoms with Gasteiger partial charge in [0.05, 0.1) is 17.2 Å². The molecular formula is C32H33F3N2O4S. The average molecular weight is 599 g/mol. The molecule has 2 aromatic carbocycles. The lowest BCUT2D eigenvalue weighted by atomic mass is 9.83. The van der Waals surface area contributed by atoms with Gasteiger partial charge in [-0.2, -0.15) is 17.5 Å². The van der Waals surface area contributed by atoms with Crippen molar-refractivity contribution >= 4 is 10.0 Å². The summed E-state index contributed by atoms with van der Waals surface area (Å²) in [5, 5.41) is 10.0. The summed E-state index contributed by atoms with van der Waals surface area (Å²) >= 11 is 0. The molecule has 1 N–H and O–H groups in total. The Labute approximate surface area is 244 Å². The summed E-state index contributed by atoms with van der Waals surface area (Å²) in [7, 11) is -4.14. The first-order valence-electron chi connectivity index (χ1n) is 13.2. The minimum absolute atomic E-state index is 0.0102. The van der Waals surface area contributed by atoms with Crippen molar-refractivity contribution in [3.05, 3.63) is 119 Å². The van der Waals surface area contributed by atoms with Crippen molar-refractivity contribution in [2.75, 3.05) is 0 Å². The first-order chi connectivity index (χ1) is 19.5. The highest BCUT2D eigenvalue weighted by atomic mass is 32.2. The van der Waals surface area contributed by atoms with Crippen molar-refractivity contribution in [3.63, 3.8) is 0 Å². The van der Waals surface area contributed by atoms with Gasteiger partial charge in [-0.15, -0.1) is 0 Å². The van der Waals surface area contributed by atoms with Gasteiger partial charge >= 0.3 is 6.18 Å². The Hall–Kier alpha value is -3.89. The Kier molecular flexibility index (Phi) is 8.44. The van der Waals surface area contributed by atoms with Crippen molar-refractivity contribution in [1.29, 1.82) is 0 Å². The van der Waals surface area contributed by atoms with Crippen molar-refractivity contribution < 1.29 is 31.1 Å². The summed E-state index contributed by atoms with van der Waals surface area (Å²) in [5.74, 6) is -1.30. The maximum atomic E-state index is 14.0. The summed E-state index contributed by atoms with van der Waals surface area (Å²) in [6, 6.07) is 14.5. The SMILES string of the molecule is C=C(O)C(C)(C)c1cncc(-c2ccc(CN(Cc3ccc(C(F)(F)F)o3)S(=O)(=O)c3c(C)cc(C)cc3C)cc2)c1. The van der Waals surface area contributed by atoms with E-state index in [9.17, 15) is 26.7 Å². The Balaban J connectivity index is 1.69. The number of hydrogen-bond donors (Lipinski definition) is 1. The van der Waals surface area contributed by atoms with Crippen LogP contribution in [0.15, 0.2) is 88.6 Å². The molecule has 2 aromatic heterocycles. The third-order valence-corrected chi connectivity index (χ3v) is 9.40. The van der Waals surface area contributed by atoms with Gasteiger partial charge in [-0.25, -0.2) is 8.42 Å². The molecule has 0 aliphatic rings. The van der Waals surface area contributed by atoms with Crippen LogP contribution in [0.5, 0.6) is 0 Å². The number of aryl methyl sites for hydroxylation is 3. The van der Waals surface area contributed by atoms with E-state index in [1.165, 1.54) is 0 Å². The van der Waals surface area contributed by atoms with Gasteiger partial charge in [-0.05, 0) is 80.6 Å². The molecule has 0 fully saturated rings. The molecule has 0 saturated heterocycles. The molecule has 0 bridgehead atoms. The lowest BCUT2D eigenvalue weighted by molar-refractivity contribution is -0.153. The molecule has 0 spiro atoms. The fraction of sp³-hybridized carbons (Fsp3) is 0.281. The number of nitrogens with zero attached hydrogens (tertiary/aromatic N) is 2. The molecule has 4 aromatic rings. The third kappa shape index (κ3) is 6.44. The highest BCUT2D eigenvalue weighted by Crippen LogP contribution is 2.34. The van der Waals surface area contributed by atoms with Gasteiger partial charge in [0, 0.05) is 29.9 Å². The number of sulfonamides is 1. The Bertz CT molecular complexity index is 1700. The topological polar surface area (TPSA) is 83.6 Å². The number of aliphatic hydroxyl groups excluding tert-OH is 1. The molecule has 6 nitrogen and oxygen atoms in total. The Morgan fingerprint density at radius 1 is 0.929 bits per heavy atom. The summed E-state index contributed by atoms with van der Waals surface area (Å²) < 4.78 is 73.7. The van der Waals surface area contributed by atoms with E-state index in [1.54, 1.807) is 50.5 Å². The zero-order chi connectivity index (χ0) is 31.0. The Morgan fingerprint density at radius 2 is 1.55 bits per heavy atom. The van der Waals surface area contributed by atoms with Gasteiger partial charge in [-0.3, -0.25) is 4.98 Å². The largest absolute Gasteiger partial charge is 0.512 e. The van der Waals surface area contributed by atoms with Crippen LogP contribution in [-0.4, -0.2) is 22.8 Å². The lowest BCUT2D eigenvalue weighted by Gasteiger charge is -2.24. The van der Waals surface area contributed by atoms with Crippen LogP contribution in [0, 0.1) is 20.8 Å². The third-order valence-electron chi connectivity index (χ3n) is 7.30. The summed E-state index contributed by atoms with van der Waals surface area (Å²) in [6.45, 7) is 12.1. The number of benzene rings is 2.